The van der Waals surface area contributed by atoms with Gasteiger partial charge in [-0.05, 0) is 12.0 Å². The van der Waals surface area contributed by atoms with Crippen LogP contribution in [0.5, 0.6) is 0 Å². The van der Waals surface area contributed by atoms with Crippen LogP contribution < -0.4 is 0 Å². The van der Waals surface area contributed by atoms with Gasteiger partial charge < -0.3 is 9.36 Å². The van der Waals surface area contributed by atoms with E-state index in [1.165, 1.54) is 5.56 Å². The second-order valence-electron chi connectivity index (χ2n) is 4.02. The Morgan fingerprint density at radius 1 is 1.29 bits per heavy atom. The summed E-state index contributed by atoms with van der Waals surface area (Å²) in [6.07, 6.45) is 5.00. The average Bonchev–Trinajstić information content (AvgIpc) is 2.74. The molecular formula is C14H15NO2. The largest absolute Gasteiger partial charge is 0.346 e. The molecule has 1 aromatic heterocycles. The maximum Gasteiger partial charge on any atom is 0.152 e. The van der Waals surface area contributed by atoms with Crippen molar-refractivity contribution in [2.75, 3.05) is 0 Å². The highest BCUT2D eigenvalue weighted by Crippen LogP contribution is 2.24. The van der Waals surface area contributed by atoms with Gasteiger partial charge in [0, 0.05) is 30.1 Å². The van der Waals surface area contributed by atoms with Gasteiger partial charge in [-0.15, -0.1) is 0 Å². The Kier molecular flexibility index (Phi) is 3.38. The molecule has 0 saturated carbocycles. The lowest BCUT2D eigenvalue weighted by Crippen LogP contribution is -1.98. The van der Waals surface area contributed by atoms with Crippen LogP contribution in [0.15, 0.2) is 24.4 Å². The maximum atomic E-state index is 11.0. The van der Waals surface area contributed by atoms with Crippen LogP contribution in [0.25, 0.3) is 10.9 Å². The van der Waals surface area contributed by atoms with Crippen LogP contribution in [0.4, 0.5) is 0 Å². The number of fused-ring (bicyclic) bond motifs is 1. The summed E-state index contributed by atoms with van der Waals surface area (Å²) in [5, 5.41) is 0.977. The van der Waals surface area contributed by atoms with E-state index in [4.69, 9.17) is 0 Å². The van der Waals surface area contributed by atoms with E-state index in [0.29, 0.717) is 18.5 Å². The van der Waals surface area contributed by atoms with E-state index < -0.39 is 0 Å². The molecular weight excluding hydrogens is 214 g/mol. The number of aldehydes is 2. The van der Waals surface area contributed by atoms with E-state index in [1.807, 2.05) is 22.9 Å². The van der Waals surface area contributed by atoms with Crippen molar-refractivity contribution in [2.45, 2.75) is 26.3 Å². The predicted octanol–water partition coefficient (Wildman–Crippen LogP) is 2.61. The zero-order valence-corrected chi connectivity index (χ0v) is 9.85. The zero-order chi connectivity index (χ0) is 12.3. The summed E-state index contributed by atoms with van der Waals surface area (Å²) < 4.78 is 2.01. The highest BCUT2D eigenvalue weighted by molar-refractivity contribution is 5.99. The SMILES string of the molecule is CCc1cccc2c(C=O)cn(CCC=O)c12. The molecule has 0 bridgehead atoms. The molecule has 0 amide bonds. The number of carbonyl (C=O) groups excluding carboxylic acids is 2. The van der Waals surface area contributed by atoms with Crippen LogP contribution in [0, 0.1) is 0 Å². The van der Waals surface area contributed by atoms with Gasteiger partial charge in [0.05, 0.1) is 5.52 Å². The fourth-order valence-corrected chi connectivity index (χ4v) is 2.21. The minimum atomic E-state index is 0.472. The summed E-state index contributed by atoms with van der Waals surface area (Å²) in [6.45, 7) is 2.72. The normalized spacial score (nSPS) is 10.6. The Morgan fingerprint density at radius 3 is 2.76 bits per heavy atom. The van der Waals surface area contributed by atoms with Crippen LogP contribution >= 0.6 is 0 Å². The maximum absolute atomic E-state index is 11.0. The Hall–Kier alpha value is -1.90. The third-order valence-electron chi connectivity index (χ3n) is 3.01. The van der Waals surface area contributed by atoms with E-state index in [1.54, 1.807) is 0 Å². The first-order valence-corrected chi connectivity index (χ1v) is 5.81. The fraction of sp³-hybridized carbons (Fsp3) is 0.286. The first kappa shape index (κ1) is 11.6. The van der Waals surface area contributed by atoms with E-state index in [0.717, 1.165) is 29.9 Å². The Labute approximate surface area is 100 Å². The van der Waals surface area contributed by atoms with Gasteiger partial charge >= 0.3 is 0 Å². The molecule has 0 saturated heterocycles. The smallest absolute Gasteiger partial charge is 0.152 e. The van der Waals surface area contributed by atoms with Crippen LogP contribution in [0.3, 0.4) is 0 Å². The molecule has 17 heavy (non-hydrogen) atoms. The molecule has 3 heteroatoms. The molecule has 0 fully saturated rings. The third kappa shape index (κ3) is 2.00. The van der Waals surface area contributed by atoms with Crippen molar-refractivity contribution in [3.8, 4) is 0 Å². The van der Waals surface area contributed by atoms with Crippen LogP contribution in [-0.4, -0.2) is 17.1 Å². The molecule has 2 rings (SSSR count). The second-order valence-corrected chi connectivity index (χ2v) is 4.02. The van der Waals surface area contributed by atoms with E-state index in [9.17, 15) is 9.59 Å². The summed E-state index contributed by atoms with van der Waals surface area (Å²) >= 11 is 0. The lowest BCUT2D eigenvalue weighted by Gasteiger charge is -2.06. The van der Waals surface area contributed by atoms with Crippen molar-refractivity contribution in [1.29, 1.82) is 0 Å². The second kappa shape index (κ2) is 4.95. The lowest BCUT2D eigenvalue weighted by atomic mass is 10.1. The zero-order valence-electron chi connectivity index (χ0n) is 9.85. The van der Waals surface area contributed by atoms with Crippen molar-refractivity contribution in [3.63, 3.8) is 0 Å². The molecule has 1 aromatic carbocycles. The molecule has 0 aliphatic carbocycles. The van der Waals surface area contributed by atoms with Crippen LogP contribution in [0.1, 0.15) is 29.3 Å². The highest BCUT2D eigenvalue weighted by atomic mass is 16.1. The van der Waals surface area contributed by atoms with Gasteiger partial charge in [-0.3, -0.25) is 4.79 Å². The number of aromatic nitrogens is 1. The first-order valence-electron chi connectivity index (χ1n) is 5.81. The molecule has 0 spiro atoms. The van der Waals surface area contributed by atoms with Crippen molar-refractivity contribution in [1.82, 2.24) is 4.57 Å². The van der Waals surface area contributed by atoms with E-state index >= 15 is 0 Å². The van der Waals surface area contributed by atoms with Gasteiger partial charge in [0.15, 0.2) is 6.29 Å². The molecule has 0 N–H and O–H groups in total. The number of hydrogen-bond acceptors (Lipinski definition) is 2. The topological polar surface area (TPSA) is 39.1 Å². The number of carbonyl (C=O) groups is 2. The van der Waals surface area contributed by atoms with Crippen molar-refractivity contribution in [2.24, 2.45) is 0 Å². The summed E-state index contributed by atoms with van der Waals surface area (Å²) in [4.78, 5) is 21.5. The molecule has 0 atom stereocenters. The summed E-state index contributed by atoms with van der Waals surface area (Å²) in [5.41, 5.74) is 2.99. The van der Waals surface area contributed by atoms with Crippen molar-refractivity contribution in [3.05, 3.63) is 35.5 Å². The van der Waals surface area contributed by atoms with E-state index in [-0.39, 0.29) is 0 Å². The highest BCUT2D eigenvalue weighted by Gasteiger charge is 2.10. The Bertz CT molecular complexity index is 555. The number of benzene rings is 1. The third-order valence-corrected chi connectivity index (χ3v) is 3.01. The number of hydrogen-bond donors (Lipinski definition) is 0. The van der Waals surface area contributed by atoms with Gasteiger partial charge in [0.1, 0.15) is 6.29 Å². The number of rotatable bonds is 5. The van der Waals surface area contributed by atoms with Gasteiger partial charge in [-0.2, -0.15) is 0 Å². The molecule has 0 aliphatic rings. The molecule has 0 aliphatic heterocycles. The Morgan fingerprint density at radius 2 is 2.12 bits per heavy atom. The van der Waals surface area contributed by atoms with Gasteiger partial charge in [-0.1, -0.05) is 25.1 Å². The number of aryl methyl sites for hydroxylation is 2. The van der Waals surface area contributed by atoms with Crippen molar-refractivity contribution >= 4 is 23.5 Å². The fourth-order valence-electron chi connectivity index (χ4n) is 2.21. The summed E-state index contributed by atoms with van der Waals surface area (Å²) in [7, 11) is 0. The summed E-state index contributed by atoms with van der Waals surface area (Å²) in [6, 6.07) is 5.99. The quantitative estimate of drug-likeness (QED) is 0.739. The summed E-state index contributed by atoms with van der Waals surface area (Å²) in [5.74, 6) is 0. The van der Waals surface area contributed by atoms with E-state index in [2.05, 4.69) is 13.0 Å². The molecule has 3 nitrogen and oxygen atoms in total. The minimum Gasteiger partial charge on any atom is -0.346 e. The molecule has 0 radical (unpaired) electrons. The molecule has 0 unspecified atom stereocenters. The van der Waals surface area contributed by atoms with Gasteiger partial charge in [0.2, 0.25) is 0 Å². The van der Waals surface area contributed by atoms with Crippen LogP contribution in [-0.2, 0) is 17.8 Å². The van der Waals surface area contributed by atoms with Crippen molar-refractivity contribution < 1.29 is 9.59 Å². The molecule has 2 aromatic rings. The standard InChI is InChI=1S/C14H15NO2/c1-2-11-5-3-6-13-12(10-17)9-15(14(11)13)7-4-8-16/h3,5-6,8-10H,2,4,7H2,1H3. The monoisotopic (exact) mass is 229 g/mol. The Balaban J connectivity index is 2.65. The number of nitrogens with zero attached hydrogens (tertiary/aromatic N) is 1. The molecule has 1 heterocycles. The van der Waals surface area contributed by atoms with Gasteiger partial charge in [-0.25, -0.2) is 0 Å². The lowest BCUT2D eigenvalue weighted by molar-refractivity contribution is -0.108. The molecule has 88 valence electrons. The number of para-hydroxylation sites is 1. The average molecular weight is 229 g/mol. The first-order chi connectivity index (χ1) is 8.31. The van der Waals surface area contributed by atoms with Crippen LogP contribution in [0.2, 0.25) is 0 Å². The minimum absolute atomic E-state index is 0.472. The van der Waals surface area contributed by atoms with Gasteiger partial charge in [0.25, 0.3) is 0 Å². The predicted molar refractivity (Wildman–Crippen MR) is 67.4 cm³/mol.